The molecule has 0 aliphatic heterocycles. The average molecular weight is 382 g/mol. The molecule has 7 nitrogen and oxygen atoms in total. The van der Waals surface area contributed by atoms with Crippen LogP contribution in [0.2, 0.25) is 0 Å². The fourth-order valence-corrected chi connectivity index (χ4v) is 3.05. The Kier molecular flexibility index (Phi) is 6.26. The molecule has 0 aliphatic rings. The number of methoxy groups -OCH3 is 1. The average Bonchev–Trinajstić information content (AvgIpc) is 3.03. The molecule has 0 aliphatic carbocycles. The van der Waals surface area contributed by atoms with Gasteiger partial charge in [0.05, 0.1) is 18.0 Å². The number of carbonyl (C=O) groups excluding carboxylic acids is 1. The summed E-state index contributed by atoms with van der Waals surface area (Å²) in [5, 5.41) is 8.45. The summed E-state index contributed by atoms with van der Waals surface area (Å²) < 4.78 is 12.4. The van der Waals surface area contributed by atoms with Crippen LogP contribution in [0.15, 0.2) is 30.3 Å². The lowest BCUT2D eigenvalue weighted by atomic mass is 10.1. The monoisotopic (exact) mass is 382 g/mol. The topological polar surface area (TPSA) is 78.3 Å². The van der Waals surface area contributed by atoms with Crippen LogP contribution in [-0.4, -0.2) is 47.5 Å². The van der Waals surface area contributed by atoms with Crippen molar-refractivity contribution in [3.05, 3.63) is 47.2 Å². The van der Waals surface area contributed by atoms with Gasteiger partial charge in [0.1, 0.15) is 0 Å². The molecule has 1 N–H and O–H groups in total. The normalized spacial score (nSPS) is 11.0. The highest BCUT2D eigenvalue weighted by Gasteiger charge is 2.16. The Hall–Kier alpha value is -2.93. The number of ether oxygens (including phenoxy) is 2. The Balaban J connectivity index is 1.91. The first-order chi connectivity index (χ1) is 13.5. The van der Waals surface area contributed by atoms with Crippen LogP contribution in [-0.2, 0) is 16.0 Å². The van der Waals surface area contributed by atoms with Gasteiger partial charge in [-0.25, -0.2) is 4.68 Å². The standard InChI is InChI=1S/C21H26N4O3/c1-5-16-12-19(28-13-18(26)22-10-11-27-4)23-21-20(16)15(3)24-25(21)17-8-6-14(2)7-9-17/h6-9,12H,5,10-11,13H2,1-4H3,(H,22,26). The predicted molar refractivity (Wildman–Crippen MR) is 108 cm³/mol. The minimum atomic E-state index is -0.208. The van der Waals surface area contributed by atoms with Gasteiger partial charge in [0, 0.05) is 25.1 Å². The maximum atomic E-state index is 11.9. The summed E-state index contributed by atoms with van der Waals surface area (Å²) in [5.41, 5.74) is 4.87. The van der Waals surface area contributed by atoms with Crippen molar-refractivity contribution in [2.75, 3.05) is 26.9 Å². The van der Waals surface area contributed by atoms with Crippen molar-refractivity contribution in [2.24, 2.45) is 0 Å². The van der Waals surface area contributed by atoms with Crippen molar-refractivity contribution in [3.63, 3.8) is 0 Å². The summed E-state index contributed by atoms with van der Waals surface area (Å²) in [7, 11) is 1.59. The molecule has 1 aromatic carbocycles. The first kappa shape index (κ1) is 19.8. The summed E-state index contributed by atoms with van der Waals surface area (Å²) in [6.07, 6.45) is 0.815. The molecule has 148 valence electrons. The number of aryl methyl sites for hydroxylation is 3. The maximum absolute atomic E-state index is 11.9. The molecule has 0 fully saturated rings. The molecule has 0 unspecified atom stereocenters. The second-order valence-corrected chi connectivity index (χ2v) is 6.64. The number of carbonyl (C=O) groups is 1. The van der Waals surface area contributed by atoms with E-state index in [9.17, 15) is 4.79 Å². The van der Waals surface area contributed by atoms with E-state index in [1.165, 1.54) is 5.56 Å². The molecular formula is C21H26N4O3. The minimum absolute atomic E-state index is 0.0942. The van der Waals surface area contributed by atoms with Crippen LogP contribution in [0.5, 0.6) is 5.88 Å². The van der Waals surface area contributed by atoms with Crippen molar-refractivity contribution in [1.82, 2.24) is 20.1 Å². The van der Waals surface area contributed by atoms with Gasteiger partial charge in [0.25, 0.3) is 5.91 Å². The predicted octanol–water partition coefficient (Wildman–Crippen LogP) is 2.74. The lowest BCUT2D eigenvalue weighted by molar-refractivity contribution is -0.123. The molecule has 28 heavy (non-hydrogen) atoms. The number of amides is 1. The van der Waals surface area contributed by atoms with Crippen molar-refractivity contribution in [1.29, 1.82) is 0 Å². The second-order valence-electron chi connectivity index (χ2n) is 6.64. The highest BCUT2D eigenvalue weighted by atomic mass is 16.5. The number of aromatic nitrogens is 3. The highest BCUT2D eigenvalue weighted by Crippen LogP contribution is 2.27. The zero-order chi connectivity index (χ0) is 20.1. The molecule has 7 heteroatoms. The third-order valence-corrected chi connectivity index (χ3v) is 4.51. The van der Waals surface area contributed by atoms with Crippen molar-refractivity contribution in [3.8, 4) is 11.6 Å². The number of benzene rings is 1. The van der Waals surface area contributed by atoms with E-state index in [0.717, 1.165) is 34.4 Å². The fourth-order valence-electron chi connectivity index (χ4n) is 3.05. The second kappa shape index (κ2) is 8.84. The number of nitrogens with zero attached hydrogens (tertiary/aromatic N) is 3. The third-order valence-electron chi connectivity index (χ3n) is 4.51. The molecule has 0 radical (unpaired) electrons. The van der Waals surface area contributed by atoms with E-state index in [1.54, 1.807) is 7.11 Å². The zero-order valence-corrected chi connectivity index (χ0v) is 16.8. The van der Waals surface area contributed by atoms with E-state index < -0.39 is 0 Å². The Bertz CT molecular complexity index is 964. The van der Waals surface area contributed by atoms with Gasteiger partial charge in [0.15, 0.2) is 12.3 Å². The lowest BCUT2D eigenvalue weighted by Gasteiger charge is -2.10. The maximum Gasteiger partial charge on any atom is 0.258 e. The first-order valence-corrected chi connectivity index (χ1v) is 9.38. The van der Waals surface area contributed by atoms with Crippen molar-refractivity contribution in [2.45, 2.75) is 27.2 Å². The van der Waals surface area contributed by atoms with Gasteiger partial charge >= 0.3 is 0 Å². The lowest BCUT2D eigenvalue weighted by Crippen LogP contribution is -2.31. The summed E-state index contributed by atoms with van der Waals surface area (Å²) in [6, 6.07) is 10.0. The van der Waals surface area contributed by atoms with Gasteiger partial charge in [-0.1, -0.05) is 24.6 Å². The smallest absolute Gasteiger partial charge is 0.258 e. The van der Waals surface area contributed by atoms with E-state index in [1.807, 2.05) is 48.9 Å². The number of nitrogens with one attached hydrogen (secondary N) is 1. The van der Waals surface area contributed by atoms with E-state index in [4.69, 9.17) is 9.47 Å². The Morgan fingerprint density at radius 3 is 2.64 bits per heavy atom. The van der Waals surface area contributed by atoms with Crippen LogP contribution in [0.4, 0.5) is 0 Å². The van der Waals surface area contributed by atoms with Crippen LogP contribution in [0, 0.1) is 13.8 Å². The molecule has 3 rings (SSSR count). The first-order valence-electron chi connectivity index (χ1n) is 9.38. The molecular weight excluding hydrogens is 356 g/mol. The molecule has 0 atom stereocenters. The summed E-state index contributed by atoms with van der Waals surface area (Å²) in [5.74, 6) is 0.208. The molecule has 0 bridgehead atoms. The van der Waals surface area contributed by atoms with Gasteiger partial charge in [0.2, 0.25) is 5.88 Å². The van der Waals surface area contributed by atoms with Crippen LogP contribution >= 0.6 is 0 Å². The summed E-state index contributed by atoms with van der Waals surface area (Å²) >= 11 is 0. The molecule has 3 aromatic rings. The number of rotatable bonds is 8. The number of hydrogen-bond acceptors (Lipinski definition) is 5. The molecule has 1 amide bonds. The zero-order valence-electron chi connectivity index (χ0n) is 16.8. The highest BCUT2D eigenvalue weighted by molar-refractivity contribution is 5.84. The van der Waals surface area contributed by atoms with Gasteiger partial charge < -0.3 is 14.8 Å². The summed E-state index contributed by atoms with van der Waals surface area (Å²) in [4.78, 5) is 16.5. The molecule has 0 spiro atoms. The number of fused-ring (bicyclic) bond motifs is 1. The van der Waals surface area contributed by atoms with Crippen molar-refractivity contribution >= 4 is 16.9 Å². The largest absolute Gasteiger partial charge is 0.468 e. The fraction of sp³-hybridized carbons (Fsp3) is 0.381. The van der Waals surface area contributed by atoms with Crippen LogP contribution < -0.4 is 10.1 Å². The van der Waals surface area contributed by atoms with E-state index in [-0.39, 0.29) is 12.5 Å². The Morgan fingerprint density at radius 1 is 1.21 bits per heavy atom. The van der Waals surface area contributed by atoms with Crippen LogP contribution in [0.3, 0.4) is 0 Å². The van der Waals surface area contributed by atoms with Gasteiger partial charge in [-0.15, -0.1) is 0 Å². The van der Waals surface area contributed by atoms with Gasteiger partial charge in [-0.2, -0.15) is 10.1 Å². The van der Waals surface area contributed by atoms with Gasteiger partial charge in [-0.05, 0) is 38.0 Å². The number of pyridine rings is 1. The molecule has 0 saturated carbocycles. The number of hydrogen-bond donors (Lipinski definition) is 1. The van der Waals surface area contributed by atoms with Gasteiger partial charge in [-0.3, -0.25) is 4.79 Å². The van der Waals surface area contributed by atoms with Crippen LogP contribution in [0.25, 0.3) is 16.7 Å². The van der Waals surface area contributed by atoms with E-state index >= 15 is 0 Å². The van der Waals surface area contributed by atoms with Crippen LogP contribution in [0.1, 0.15) is 23.7 Å². The van der Waals surface area contributed by atoms with E-state index in [0.29, 0.717) is 19.0 Å². The quantitative estimate of drug-likeness (QED) is 0.606. The van der Waals surface area contributed by atoms with Crippen molar-refractivity contribution < 1.29 is 14.3 Å². The molecule has 0 saturated heterocycles. The Morgan fingerprint density at radius 2 is 1.96 bits per heavy atom. The summed E-state index contributed by atoms with van der Waals surface area (Å²) in [6.45, 7) is 6.93. The Labute approximate surface area is 164 Å². The molecule has 2 heterocycles. The van der Waals surface area contributed by atoms with E-state index in [2.05, 4.69) is 22.3 Å². The minimum Gasteiger partial charge on any atom is -0.468 e. The molecule has 2 aromatic heterocycles. The third kappa shape index (κ3) is 4.31. The SMILES string of the molecule is CCc1cc(OCC(=O)NCCOC)nc2c1c(C)nn2-c1ccc(C)cc1.